The lowest BCUT2D eigenvalue weighted by Crippen LogP contribution is -2.44. The van der Waals surface area contributed by atoms with Gasteiger partial charge in [0.25, 0.3) is 0 Å². The number of Topliss-reactive ketones (excluding diaryl/α,β-unsaturated/α-hetero) is 1. The number of fused-ring (bicyclic) bond motifs is 1. The Kier molecular flexibility index (Phi) is 10.4. The molecule has 4 atom stereocenters. The summed E-state index contributed by atoms with van der Waals surface area (Å²) in [5, 5.41) is 0. The Morgan fingerprint density at radius 1 is 1.11 bits per heavy atom. The van der Waals surface area contributed by atoms with Crippen LogP contribution in [0.3, 0.4) is 0 Å². The molecule has 0 amide bonds. The molecule has 202 valence electrons. The zero-order valence-corrected chi connectivity index (χ0v) is 23.5. The number of aromatic nitrogens is 2. The van der Waals surface area contributed by atoms with Gasteiger partial charge in [-0.25, -0.2) is 9.97 Å². The van der Waals surface area contributed by atoms with E-state index in [0.29, 0.717) is 18.4 Å². The van der Waals surface area contributed by atoms with Crippen LogP contribution < -0.4 is 0 Å². The second kappa shape index (κ2) is 13.1. The zero-order valence-electron chi connectivity index (χ0n) is 23.5. The summed E-state index contributed by atoms with van der Waals surface area (Å²) < 4.78 is 5.90. The number of esters is 1. The van der Waals surface area contributed by atoms with Crippen LogP contribution in [0.25, 0.3) is 0 Å². The third-order valence-electron chi connectivity index (χ3n) is 8.08. The molecule has 3 rings (SSSR count). The van der Waals surface area contributed by atoms with Crippen molar-refractivity contribution < 1.29 is 14.3 Å². The molecule has 2 aliphatic rings. The number of hydrogen-bond acceptors (Lipinski definition) is 7. The molecule has 3 heterocycles. The molecule has 7 nitrogen and oxygen atoms in total. The second-order valence-electron chi connectivity index (χ2n) is 12.0. The van der Waals surface area contributed by atoms with Crippen LogP contribution in [0.1, 0.15) is 84.9 Å². The molecule has 0 spiro atoms. The fraction of sp³-hybridized carbons (Fsp3) is 0.793. The van der Waals surface area contributed by atoms with Crippen molar-refractivity contribution in [2.45, 2.75) is 92.7 Å². The molecule has 2 aliphatic heterocycles. The minimum absolute atomic E-state index is 0.00223. The Bertz CT molecular complexity index is 874. The van der Waals surface area contributed by atoms with Gasteiger partial charge in [0.15, 0.2) is 5.78 Å². The smallest absolute Gasteiger partial charge is 0.319 e. The van der Waals surface area contributed by atoms with Crippen LogP contribution in [-0.2, 0) is 27.3 Å². The van der Waals surface area contributed by atoms with Crippen LogP contribution in [0, 0.1) is 23.2 Å². The summed E-state index contributed by atoms with van der Waals surface area (Å²) >= 11 is 0. The SMILES string of the molecule is CCCN1C[C@H](C)C[C@@H](C)C[C@@H](C)C(=O)C(C)(C)C(=O)OC[C@H]1CCCN1CCc2cncnc2C1. The van der Waals surface area contributed by atoms with Crippen LogP contribution in [0.2, 0.25) is 0 Å². The molecule has 0 unspecified atom stereocenters. The minimum Gasteiger partial charge on any atom is -0.463 e. The number of rotatable bonds is 6. The van der Waals surface area contributed by atoms with Crippen LogP contribution in [0.4, 0.5) is 0 Å². The van der Waals surface area contributed by atoms with E-state index >= 15 is 0 Å². The molecule has 0 saturated carbocycles. The van der Waals surface area contributed by atoms with Gasteiger partial charge in [-0.05, 0) is 82.9 Å². The summed E-state index contributed by atoms with van der Waals surface area (Å²) in [5.74, 6) is 0.451. The summed E-state index contributed by atoms with van der Waals surface area (Å²) in [4.78, 5) is 39.9. The predicted octanol–water partition coefficient (Wildman–Crippen LogP) is 4.54. The summed E-state index contributed by atoms with van der Waals surface area (Å²) in [7, 11) is 0. The standard InChI is InChI=1S/C29H48N4O3/c1-7-11-33-17-22(3)14-21(2)15-23(4)27(34)29(5,6)28(35)36-19-25(33)9-8-12-32-13-10-24-16-30-20-31-26(24)18-32/h16,20-23,25H,7-15,17-19H2,1-6H3/t21-,22-,23-,25-/m1/s1. The first-order valence-corrected chi connectivity index (χ1v) is 14.1. The van der Waals surface area contributed by atoms with E-state index in [0.717, 1.165) is 76.9 Å². The first-order chi connectivity index (χ1) is 17.1. The van der Waals surface area contributed by atoms with Crippen molar-refractivity contribution in [2.24, 2.45) is 23.2 Å². The maximum Gasteiger partial charge on any atom is 0.319 e. The Morgan fingerprint density at radius 3 is 2.64 bits per heavy atom. The van der Waals surface area contributed by atoms with E-state index in [-0.39, 0.29) is 23.7 Å². The first-order valence-electron chi connectivity index (χ1n) is 14.1. The number of carbonyl (C=O) groups excluding carboxylic acids is 2. The average Bonchev–Trinajstić information content (AvgIpc) is 2.84. The van der Waals surface area contributed by atoms with Crippen molar-refractivity contribution in [2.75, 3.05) is 32.8 Å². The third-order valence-corrected chi connectivity index (χ3v) is 8.08. The third kappa shape index (κ3) is 7.58. The van der Waals surface area contributed by atoms with Gasteiger partial charge < -0.3 is 4.74 Å². The summed E-state index contributed by atoms with van der Waals surface area (Å²) in [6, 6.07) is 0.162. The highest BCUT2D eigenvalue weighted by Crippen LogP contribution is 2.30. The van der Waals surface area contributed by atoms with Gasteiger partial charge in [0.1, 0.15) is 18.3 Å². The lowest BCUT2D eigenvalue weighted by molar-refractivity contribution is -0.161. The highest BCUT2D eigenvalue weighted by Gasteiger charge is 2.41. The highest BCUT2D eigenvalue weighted by atomic mass is 16.5. The number of carbonyl (C=O) groups is 2. The molecule has 1 aromatic rings. The van der Waals surface area contributed by atoms with E-state index < -0.39 is 5.41 Å². The number of cyclic esters (lactones) is 1. The lowest BCUT2D eigenvalue weighted by atomic mass is 9.78. The molecule has 0 N–H and O–H groups in total. The van der Waals surface area contributed by atoms with Crippen LogP contribution in [-0.4, -0.2) is 70.3 Å². The quantitative estimate of drug-likeness (QED) is 0.419. The summed E-state index contributed by atoms with van der Waals surface area (Å²) in [5.41, 5.74) is 1.30. The van der Waals surface area contributed by atoms with Gasteiger partial charge in [-0.15, -0.1) is 0 Å². The van der Waals surface area contributed by atoms with Crippen molar-refractivity contribution in [1.82, 2.24) is 19.8 Å². The lowest BCUT2D eigenvalue weighted by Gasteiger charge is -2.35. The summed E-state index contributed by atoms with van der Waals surface area (Å²) in [6.45, 7) is 17.5. The molecular weight excluding hydrogens is 452 g/mol. The Hall–Kier alpha value is -1.86. The molecule has 1 saturated heterocycles. The minimum atomic E-state index is -1.11. The monoisotopic (exact) mass is 500 g/mol. The molecular formula is C29H48N4O3. The fourth-order valence-electron chi connectivity index (χ4n) is 6.16. The van der Waals surface area contributed by atoms with Gasteiger partial charge in [0, 0.05) is 37.8 Å². The van der Waals surface area contributed by atoms with Gasteiger partial charge in [0.2, 0.25) is 0 Å². The summed E-state index contributed by atoms with van der Waals surface area (Å²) in [6.07, 6.45) is 9.56. The molecule has 0 aliphatic carbocycles. The van der Waals surface area contributed by atoms with Gasteiger partial charge in [0.05, 0.1) is 5.69 Å². The highest BCUT2D eigenvalue weighted by molar-refractivity contribution is 6.03. The van der Waals surface area contributed by atoms with E-state index in [9.17, 15) is 9.59 Å². The van der Waals surface area contributed by atoms with Crippen molar-refractivity contribution in [3.63, 3.8) is 0 Å². The molecule has 0 radical (unpaired) electrons. The Balaban J connectivity index is 1.70. The van der Waals surface area contributed by atoms with Crippen LogP contribution in [0.15, 0.2) is 12.5 Å². The number of hydrogen-bond donors (Lipinski definition) is 0. The molecule has 1 aromatic heterocycles. The molecule has 7 heteroatoms. The van der Waals surface area contributed by atoms with Crippen molar-refractivity contribution >= 4 is 11.8 Å². The maximum atomic E-state index is 13.2. The van der Waals surface area contributed by atoms with E-state index in [2.05, 4.69) is 40.5 Å². The molecule has 36 heavy (non-hydrogen) atoms. The maximum absolute atomic E-state index is 13.2. The second-order valence-corrected chi connectivity index (χ2v) is 12.0. The van der Waals surface area contributed by atoms with E-state index in [1.54, 1.807) is 20.2 Å². The Labute approximate surface area is 218 Å². The normalized spacial score (nSPS) is 28.9. The topological polar surface area (TPSA) is 75.6 Å². The Morgan fingerprint density at radius 2 is 1.89 bits per heavy atom. The van der Waals surface area contributed by atoms with Gasteiger partial charge in [-0.3, -0.25) is 19.4 Å². The van der Waals surface area contributed by atoms with E-state index in [4.69, 9.17) is 4.74 Å². The van der Waals surface area contributed by atoms with E-state index in [1.165, 1.54) is 5.56 Å². The molecule has 1 fully saturated rings. The fourth-order valence-corrected chi connectivity index (χ4v) is 6.16. The number of ether oxygens (including phenoxy) is 1. The largest absolute Gasteiger partial charge is 0.463 e. The van der Waals surface area contributed by atoms with Gasteiger partial charge >= 0.3 is 5.97 Å². The molecule has 0 aromatic carbocycles. The van der Waals surface area contributed by atoms with Gasteiger partial charge in [-0.2, -0.15) is 0 Å². The van der Waals surface area contributed by atoms with Crippen molar-refractivity contribution in [3.8, 4) is 0 Å². The van der Waals surface area contributed by atoms with Gasteiger partial charge in [-0.1, -0.05) is 27.7 Å². The first kappa shape index (κ1) is 28.7. The number of nitrogens with zero attached hydrogens (tertiary/aromatic N) is 4. The number of ketones is 1. The van der Waals surface area contributed by atoms with Crippen LogP contribution in [0.5, 0.6) is 0 Å². The molecule has 0 bridgehead atoms. The van der Waals surface area contributed by atoms with E-state index in [1.807, 2.05) is 13.1 Å². The van der Waals surface area contributed by atoms with Crippen LogP contribution >= 0.6 is 0 Å². The zero-order chi connectivity index (χ0) is 26.3. The van der Waals surface area contributed by atoms with Crippen molar-refractivity contribution in [3.05, 3.63) is 23.8 Å². The van der Waals surface area contributed by atoms with Crippen molar-refractivity contribution in [1.29, 1.82) is 0 Å². The average molecular weight is 501 g/mol. The predicted molar refractivity (Wildman–Crippen MR) is 142 cm³/mol.